The minimum Gasteiger partial charge on any atom is -0.344 e. The van der Waals surface area contributed by atoms with E-state index in [1.165, 1.54) is 6.07 Å². The Bertz CT molecular complexity index is 738. The second-order valence-electron chi connectivity index (χ2n) is 5.73. The lowest BCUT2D eigenvalue weighted by atomic mass is 9.95. The highest BCUT2D eigenvalue weighted by molar-refractivity contribution is 5.95. The Morgan fingerprint density at radius 2 is 2.05 bits per heavy atom. The number of amides is 1. The number of aromatic amines is 1. The number of pyridine rings is 1. The maximum Gasteiger partial charge on any atom is 0.287 e. The maximum atomic E-state index is 12.5. The summed E-state index contributed by atoms with van der Waals surface area (Å²) < 4.78 is 1.63. The molecular formula is C15H22N4O2. The largest absolute Gasteiger partial charge is 0.344 e. The molecule has 0 radical (unpaired) electrons. The van der Waals surface area contributed by atoms with E-state index in [1.54, 1.807) is 11.6 Å². The summed E-state index contributed by atoms with van der Waals surface area (Å²) in [4.78, 5) is 31.2. The molecular weight excluding hydrogens is 268 g/mol. The maximum absolute atomic E-state index is 12.5. The quantitative estimate of drug-likeness (QED) is 0.902. The smallest absolute Gasteiger partial charge is 0.287 e. The first-order valence-corrected chi connectivity index (χ1v) is 7.20. The van der Waals surface area contributed by atoms with E-state index in [-0.39, 0.29) is 17.0 Å². The normalized spacial score (nSPS) is 11.9. The number of imidazole rings is 1. The van der Waals surface area contributed by atoms with Crippen LogP contribution < -0.4 is 10.9 Å². The van der Waals surface area contributed by atoms with Gasteiger partial charge in [-0.1, -0.05) is 13.8 Å². The molecule has 0 aromatic carbocycles. The van der Waals surface area contributed by atoms with Gasteiger partial charge >= 0.3 is 0 Å². The Hall–Kier alpha value is -2.11. The minimum absolute atomic E-state index is 0.193. The summed E-state index contributed by atoms with van der Waals surface area (Å²) in [6, 6.07) is 1.49. The lowest BCUT2D eigenvalue weighted by Gasteiger charge is -2.27. The van der Waals surface area contributed by atoms with Gasteiger partial charge < -0.3 is 14.9 Å². The average Bonchev–Trinajstić information content (AvgIpc) is 2.77. The van der Waals surface area contributed by atoms with E-state index in [9.17, 15) is 9.59 Å². The zero-order chi connectivity index (χ0) is 15.8. The van der Waals surface area contributed by atoms with Gasteiger partial charge in [0.25, 0.3) is 5.91 Å². The topological polar surface area (TPSA) is 79.8 Å². The lowest BCUT2D eigenvalue weighted by molar-refractivity contribution is 0.0887. The van der Waals surface area contributed by atoms with Crippen LogP contribution in [0.5, 0.6) is 0 Å². The van der Waals surface area contributed by atoms with Crippen molar-refractivity contribution in [2.24, 2.45) is 7.05 Å². The fourth-order valence-corrected chi connectivity index (χ4v) is 2.29. The van der Waals surface area contributed by atoms with Crippen molar-refractivity contribution in [3.05, 3.63) is 27.8 Å². The van der Waals surface area contributed by atoms with Crippen LogP contribution in [0, 0.1) is 6.92 Å². The van der Waals surface area contributed by atoms with Gasteiger partial charge in [0.2, 0.25) is 11.4 Å². The van der Waals surface area contributed by atoms with Gasteiger partial charge in [-0.3, -0.25) is 9.59 Å². The summed E-state index contributed by atoms with van der Waals surface area (Å²) in [5.41, 5.74) is 1.54. The van der Waals surface area contributed by atoms with E-state index in [1.807, 2.05) is 27.7 Å². The zero-order valence-electron chi connectivity index (χ0n) is 13.2. The Morgan fingerprint density at radius 3 is 2.62 bits per heavy atom. The number of aromatic nitrogens is 3. The highest BCUT2D eigenvalue weighted by atomic mass is 16.2. The number of hydrogen-bond donors (Lipinski definition) is 2. The predicted molar refractivity (Wildman–Crippen MR) is 82.5 cm³/mol. The Kier molecular flexibility index (Phi) is 3.89. The van der Waals surface area contributed by atoms with Gasteiger partial charge in [0.1, 0.15) is 11.2 Å². The summed E-state index contributed by atoms with van der Waals surface area (Å²) in [5, 5.41) is 3.03. The summed E-state index contributed by atoms with van der Waals surface area (Å²) in [7, 11) is 1.73. The van der Waals surface area contributed by atoms with E-state index in [4.69, 9.17) is 0 Å². The number of carbonyl (C=O) groups excluding carboxylic acids is 1. The molecule has 0 aliphatic carbocycles. The number of nitrogens with one attached hydrogen (secondary N) is 2. The van der Waals surface area contributed by atoms with Crippen LogP contribution in [0.15, 0.2) is 10.9 Å². The Labute approximate surface area is 123 Å². The summed E-state index contributed by atoms with van der Waals surface area (Å²) >= 11 is 0. The molecule has 114 valence electrons. The van der Waals surface area contributed by atoms with Gasteiger partial charge in [0, 0.05) is 18.7 Å². The highest BCUT2D eigenvalue weighted by Crippen LogP contribution is 2.17. The average molecular weight is 290 g/mol. The molecule has 0 unspecified atom stereocenters. The number of H-pyrrole nitrogens is 1. The number of carbonyl (C=O) groups is 1. The molecule has 0 atom stereocenters. The van der Waals surface area contributed by atoms with Gasteiger partial charge in [-0.05, 0) is 32.3 Å². The molecule has 0 saturated carbocycles. The molecule has 1 amide bonds. The van der Waals surface area contributed by atoms with Crippen molar-refractivity contribution >= 4 is 17.1 Å². The van der Waals surface area contributed by atoms with Crippen LogP contribution in [0.3, 0.4) is 0 Å². The number of hydrogen-bond acceptors (Lipinski definition) is 3. The zero-order valence-corrected chi connectivity index (χ0v) is 13.2. The molecule has 0 aliphatic heterocycles. The van der Waals surface area contributed by atoms with Crippen LogP contribution >= 0.6 is 0 Å². The highest BCUT2D eigenvalue weighted by Gasteiger charge is 2.25. The Morgan fingerprint density at radius 1 is 1.43 bits per heavy atom. The monoisotopic (exact) mass is 290 g/mol. The molecule has 0 fully saturated rings. The van der Waals surface area contributed by atoms with E-state index >= 15 is 0 Å². The SMILES string of the molecule is CCC(C)(CC)NC(=O)c1nc2c(C)cc(=O)[nH]c2n1C. The Balaban J connectivity index is 2.48. The van der Waals surface area contributed by atoms with Gasteiger partial charge in [0.05, 0.1) is 0 Å². The van der Waals surface area contributed by atoms with E-state index in [0.29, 0.717) is 17.0 Å². The molecule has 2 heterocycles. The third kappa shape index (κ3) is 2.70. The molecule has 0 bridgehead atoms. The molecule has 21 heavy (non-hydrogen) atoms. The van der Waals surface area contributed by atoms with Crippen molar-refractivity contribution in [3.8, 4) is 0 Å². The van der Waals surface area contributed by atoms with Gasteiger partial charge in [-0.15, -0.1) is 0 Å². The third-order valence-electron chi connectivity index (χ3n) is 4.24. The molecule has 0 spiro atoms. The number of nitrogens with zero attached hydrogens (tertiary/aromatic N) is 2. The van der Waals surface area contributed by atoms with Crippen LogP contribution in [-0.2, 0) is 7.05 Å². The number of fused-ring (bicyclic) bond motifs is 1. The summed E-state index contributed by atoms with van der Waals surface area (Å²) in [6.07, 6.45) is 1.68. The van der Waals surface area contributed by atoms with Crippen molar-refractivity contribution in [3.63, 3.8) is 0 Å². The third-order valence-corrected chi connectivity index (χ3v) is 4.24. The van der Waals surface area contributed by atoms with Crippen LogP contribution in [-0.4, -0.2) is 26.0 Å². The van der Waals surface area contributed by atoms with Crippen molar-refractivity contribution < 1.29 is 4.79 Å². The molecule has 2 rings (SSSR count). The first kappa shape index (κ1) is 15.3. The second-order valence-corrected chi connectivity index (χ2v) is 5.73. The van der Waals surface area contributed by atoms with Crippen LogP contribution in [0.4, 0.5) is 0 Å². The van der Waals surface area contributed by atoms with E-state index < -0.39 is 0 Å². The van der Waals surface area contributed by atoms with Crippen molar-refractivity contribution in [2.75, 3.05) is 0 Å². The first-order chi connectivity index (χ1) is 9.81. The molecule has 6 nitrogen and oxygen atoms in total. The fraction of sp³-hybridized carbons (Fsp3) is 0.533. The standard InChI is InChI=1S/C15H22N4O2/c1-6-15(4,7-2)18-14(21)13-17-11-9(3)8-10(20)16-12(11)19(13)5/h8H,6-7H2,1-5H3,(H,16,20)(H,18,21). The minimum atomic E-state index is -0.252. The van der Waals surface area contributed by atoms with Gasteiger partial charge in [-0.25, -0.2) is 4.98 Å². The molecule has 2 N–H and O–H groups in total. The number of aryl methyl sites for hydroxylation is 2. The van der Waals surface area contributed by atoms with Crippen LogP contribution in [0.25, 0.3) is 11.2 Å². The summed E-state index contributed by atoms with van der Waals surface area (Å²) in [6.45, 7) is 7.91. The first-order valence-electron chi connectivity index (χ1n) is 7.20. The van der Waals surface area contributed by atoms with Gasteiger partial charge in [-0.2, -0.15) is 0 Å². The fourth-order valence-electron chi connectivity index (χ4n) is 2.29. The van der Waals surface area contributed by atoms with Gasteiger partial charge in [0.15, 0.2) is 0 Å². The van der Waals surface area contributed by atoms with Crippen molar-refractivity contribution in [2.45, 2.75) is 46.1 Å². The molecule has 6 heteroatoms. The number of rotatable bonds is 4. The van der Waals surface area contributed by atoms with Crippen LogP contribution in [0.2, 0.25) is 0 Å². The van der Waals surface area contributed by atoms with E-state index in [0.717, 1.165) is 18.4 Å². The molecule has 2 aromatic rings. The molecule has 0 saturated heterocycles. The van der Waals surface area contributed by atoms with Crippen molar-refractivity contribution in [1.29, 1.82) is 0 Å². The molecule has 0 aliphatic rings. The molecule has 2 aromatic heterocycles. The lowest BCUT2D eigenvalue weighted by Crippen LogP contribution is -2.45. The van der Waals surface area contributed by atoms with Crippen molar-refractivity contribution in [1.82, 2.24) is 19.9 Å². The second kappa shape index (κ2) is 5.35. The predicted octanol–water partition coefficient (Wildman–Crippen LogP) is 1.88. The summed E-state index contributed by atoms with van der Waals surface area (Å²) in [5.74, 6) is 0.0863. The van der Waals surface area contributed by atoms with Crippen LogP contribution in [0.1, 0.15) is 49.8 Å². The van der Waals surface area contributed by atoms with E-state index in [2.05, 4.69) is 15.3 Å².